The quantitative estimate of drug-likeness (QED) is 0.668. The van der Waals surface area contributed by atoms with Gasteiger partial charge in [0.25, 0.3) is 0 Å². The third kappa shape index (κ3) is 6.25. The number of nitrogens with zero attached hydrogens (tertiary/aromatic N) is 1. The van der Waals surface area contributed by atoms with Crippen molar-refractivity contribution < 1.29 is 9.15 Å². The van der Waals surface area contributed by atoms with Crippen molar-refractivity contribution in [2.45, 2.75) is 26.8 Å². The Labute approximate surface area is 91.0 Å². The minimum absolute atomic E-state index is 0.618. The molecule has 86 valence electrons. The summed E-state index contributed by atoms with van der Waals surface area (Å²) >= 11 is 0. The maximum absolute atomic E-state index is 5.46. The Bertz CT molecular complexity index is 235. The molecule has 1 aromatic heterocycles. The van der Waals surface area contributed by atoms with E-state index in [4.69, 9.17) is 9.15 Å². The van der Waals surface area contributed by atoms with Crippen molar-refractivity contribution >= 4 is 0 Å². The first-order valence-electron chi connectivity index (χ1n) is 5.45. The van der Waals surface area contributed by atoms with Gasteiger partial charge >= 0.3 is 0 Å². The summed E-state index contributed by atoms with van der Waals surface area (Å²) < 4.78 is 10.5. The van der Waals surface area contributed by atoms with E-state index in [9.17, 15) is 0 Å². The normalized spacial score (nSPS) is 11.1. The summed E-state index contributed by atoms with van der Waals surface area (Å²) in [6.07, 6.45) is 4.20. The first-order valence-corrected chi connectivity index (χ1v) is 5.45. The van der Waals surface area contributed by atoms with Crippen molar-refractivity contribution in [3.63, 3.8) is 0 Å². The molecular formula is C11H20N2O2. The van der Waals surface area contributed by atoms with Crippen molar-refractivity contribution in [2.24, 2.45) is 5.92 Å². The third-order valence-corrected chi connectivity index (χ3v) is 1.88. The fraction of sp³-hybridized carbons (Fsp3) is 0.727. The molecule has 0 aliphatic carbocycles. The highest BCUT2D eigenvalue weighted by atomic mass is 16.5. The minimum atomic E-state index is 0.618. The van der Waals surface area contributed by atoms with Gasteiger partial charge in [0.05, 0.1) is 12.7 Å². The first-order chi connectivity index (χ1) is 7.29. The van der Waals surface area contributed by atoms with Crippen LogP contribution in [0.4, 0.5) is 0 Å². The molecule has 0 radical (unpaired) electrons. The molecule has 0 atom stereocenters. The Morgan fingerprint density at radius 3 is 3.07 bits per heavy atom. The van der Waals surface area contributed by atoms with Crippen molar-refractivity contribution in [3.05, 3.63) is 18.4 Å². The van der Waals surface area contributed by atoms with E-state index in [-0.39, 0.29) is 0 Å². The van der Waals surface area contributed by atoms with E-state index in [0.29, 0.717) is 5.92 Å². The van der Waals surface area contributed by atoms with Crippen LogP contribution in [0.15, 0.2) is 17.0 Å². The molecule has 1 heterocycles. The Hall–Kier alpha value is -0.870. The lowest BCUT2D eigenvalue weighted by Crippen LogP contribution is -2.16. The highest BCUT2D eigenvalue weighted by molar-refractivity contribution is 4.86. The molecule has 4 heteroatoms. The van der Waals surface area contributed by atoms with Crippen LogP contribution in [0.2, 0.25) is 0 Å². The van der Waals surface area contributed by atoms with Crippen LogP contribution in [0.1, 0.15) is 26.0 Å². The van der Waals surface area contributed by atoms with Crippen molar-refractivity contribution in [3.8, 4) is 0 Å². The van der Waals surface area contributed by atoms with Gasteiger partial charge in [-0.3, -0.25) is 0 Å². The van der Waals surface area contributed by atoms with Crippen molar-refractivity contribution in [1.82, 2.24) is 10.3 Å². The summed E-state index contributed by atoms with van der Waals surface area (Å²) in [7, 11) is 0. The zero-order valence-electron chi connectivity index (χ0n) is 9.53. The number of hydrogen-bond donors (Lipinski definition) is 1. The zero-order valence-corrected chi connectivity index (χ0v) is 9.53. The van der Waals surface area contributed by atoms with Crippen molar-refractivity contribution in [2.75, 3.05) is 19.8 Å². The molecule has 1 rings (SSSR count). The van der Waals surface area contributed by atoms with E-state index in [0.717, 1.165) is 38.5 Å². The maximum atomic E-state index is 5.46. The molecule has 1 aromatic rings. The molecule has 0 bridgehead atoms. The molecule has 4 nitrogen and oxygen atoms in total. The largest absolute Gasteiger partial charge is 0.447 e. The number of hydrogen-bond acceptors (Lipinski definition) is 4. The summed E-state index contributed by atoms with van der Waals surface area (Å²) in [5, 5.41) is 3.26. The number of nitrogens with one attached hydrogen (secondary N) is 1. The Kier molecular flexibility index (Phi) is 6.04. The molecule has 0 spiro atoms. The molecule has 0 aromatic carbocycles. The number of ether oxygens (including phenoxy) is 1. The smallest absolute Gasteiger partial charge is 0.180 e. The van der Waals surface area contributed by atoms with Gasteiger partial charge in [-0.05, 0) is 18.9 Å². The topological polar surface area (TPSA) is 47.3 Å². The second-order valence-corrected chi connectivity index (χ2v) is 3.97. The molecule has 0 unspecified atom stereocenters. The number of rotatable bonds is 8. The molecule has 0 fully saturated rings. The zero-order chi connectivity index (χ0) is 10.9. The van der Waals surface area contributed by atoms with Gasteiger partial charge in [0.1, 0.15) is 5.76 Å². The predicted molar refractivity (Wildman–Crippen MR) is 58.5 cm³/mol. The standard InChI is InChI=1S/C11H20N2O2/c1-10(2)8-14-5-3-4-12-6-11-7-13-9-15-11/h7,9-10,12H,3-6,8H2,1-2H3. The number of aromatic nitrogens is 1. The maximum Gasteiger partial charge on any atom is 0.180 e. The van der Waals surface area contributed by atoms with Gasteiger partial charge in [-0.15, -0.1) is 0 Å². The average Bonchev–Trinajstić information content (AvgIpc) is 2.68. The van der Waals surface area contributed by atoms with Crippen LogP contribution >= 0.6 is 0 Å². The van der Waals surface area contributed by atoms with Gasteiger partial charge < -0.3 is 14.5 Å². The van der Waals surface area contributed by atoms with E-state index in [1.807, 2.05) is 0 Å². The predicted octanol–water partition coefficient (Wildman–Crippen LogP) is 1.83. The van der Waals surface area contributed by atoms with Gasteiger partial charge in [-0.2, -0.15) is 0 Å². The lowest BCUT2D eigenvalue weighted by Gasteiger charge is -2.06. The average molecular weight is 212 g/mol. The first kappa shape index (κ1) is 12.2. The molecule has 0 amide bonds. The summed E-state index contributed by atoms with van der Waals surface area (Å²) in [6, 6.07) is 0. The van der Waals surface area contributed by atoms with Crippen LogP contribution in [0.5, 0.6) is 0 Å². The van der Waals surface area contributed by atoms with Crippen LogP contribution < -0.4 is 5.32 Å². The molecule has 0 aliphatic heterocycles. The van der Waals surface area contributed by atoms with Crippen molar-refractivity contribution in [1.29, 1.82) is 0 Å². The van der Waals surface area contributed by atoms with Crippen LogP contribution in [0, 0.1) is 5.92 Å². The number of oxazole rings is 1. The van der Waals surface area contributed by atoms with Gasteiger partial charge in [-0.25, -0.2) is 4.98 Å². The lowest BCUT2D eigenvalue weighted by molar-refractivity contribution is 0.108. The minimum Gasteiger partial charge on any atom is -0.447 e. The van der Waals surface area contributed by atoms with Crippen LogP contribution in [-0.4, -0.2) is 24.7 Å². The molecule has 1 N–H and O–H groups in total. The van der Waals surface area contributed by atoms with E-state index < -0.39 is 0 Å². The summed E-state index contributed by atoms with van der Waals surface area (Å²) in [4.78, 5) is 3.84. The van der Waals surface area contributed by atoms with Crippen LogP contribution in [0.3, 0.4) is 0 Å². The second-order valence-electron chi connectivity index (χ2n) is 3.97. The monoisotopic (exact) mass is 212 g/mol. The van der Waals surface area contributed by atoms with E-state index in [2.05, 4.69) is 24.1 Å². The highest BCUT2D eigenvalue weighted by Gasteiger charge is 1.96. The Morgan fingerprint density at radius 1 is 1.53 bits per heavy atom. The van der Waals surface area contributed by atoms with E-state index >= 15 is 0 Å². The van der Waals surface area contributed by atoms with Gasteiger partial charge in [-0.1, -0.05) is 13.8 Å². The van der Waals surface area contributed by atoms with Crippen LogP contribution in [0.25, 0.3) is 0 Å². The SMILES string of the molecule is CC(C)COCCCNCc1cnco1. The fourth-order valence-corrected chi connectivity index (χ4v) is 1.16. The molecule has 0 aliphatic rings. The summed E-state index contributed by atoms with van der Waals surface area (Å²) in [5.41, 5.74) is 0. The highest BCUT2D eigenvalue weighted by Crippen LogP contribution is 1.95. The van der Waals surface area contributed by atoms with Gasteiger partial charge in [0.2, 0.25) is 0 Å². The lowest BCUT2D eigenvalue weighted by atomic mass is 10.2. The Morgan fingerprint density at radius 2 is 2.40 bits per heavy atom. The summed E-state index contributed by atoms with van der Waals surface area (Å²) in [6.45, 7) is 7.66. The molecular weight excluding hydrogens is 192 g/mol. The van der Waals surface area contributed by atoms with Crippen LogP contribution in [-0.2, 0) is 11.3 Å². The fourth-order valence-electron chi connectivity index (χ4n) is 1.16. The third-order valence-electron chi connectivity index (χ3n) is 1.88. The Balaban J connectivity index is 1.85. The van der Waals surface area contributed by atoms with Gasteiger partial charge in [0, 0.05) is 13.2 Å². The van der Waals surface area contributed by atoms with E-state index in [1.165, 1.54) is 6.39 Å². The van der Waals surface area contributed by atoms with E-state index in [1.54, 1.807) is 6.20 Å². The molecule has 0 saturated carbocycles. The molecule has 0 saturated heterocycles. The second kappa shape index (κ2) is 7.43. The summed E-state index contributed by atoms with van der Waals surface area (Å²) in [5.74, 6) is 1.49. The van der Waals surface area contributed by atoms with Gasteiger partial charge in [0.15, 0.2) is 6.39 Å². The molecule has 15 heavy (non-hydrogen) atoms.